The van der Waals surface area contributed by atoms with Crippen LogP contribution in [0.1, 0.15) is 38.4 Å². The summed E-state index contributed by atoms with van der Waals surface area (Å²) in [5.74, 6) is 0. The van der Waals surface area contributed by atoms with Gasteiger partial charge in [0.2, 0.25) is 0 Å². The third-order valence-electron chi connectivity index (χ3n) is 3.56. The van der Waals surface area contributed by atoms with E-state index in [1.807, 2.05) is 25.1 Å². The summed E-state index contributed by atoms with van der Waals surface area (Å²) in [6.07, 6.45) is 2.22. The summed E-state index contributed by atoms with van der Waals surface area (Å²) in [6, 6.07) is 8.09. The predicted molar refractivity (Wildman–Crippen MR) is 73.9 cm³/mol. The van der Waals surface area contributed by atoms with E-state index >= 15 is 0 Å². The van der Waals surface area contributed by atoms with Crippen LogP contribution in [-0.2, 0) is 4.74 Å². The van der Waals surface area contributed by atoms with Crippen LogP contribution in [0.3, 0.4) is 0 Å². The first-order valence-corrected chi connectivity index (χ1v) is 6.86. The molecule has 2 atom stereocenters. The van der Waals surface area contributed by atoms with Crippen molar-refractivity contribution in [1.29, 1.82) is 0 Å². The van der Waals surface area contributed by atoms with Gasteiger partial charge in [-0.2, -0.15) is 0 Å². The van der Waals surface area contributed by atoms with E-state index in [0.717, 1.165) is 37.4 Å². The molecule has 1 saturated heterocycles. The van der Waals surface area contributed by atoms with Crippen LogP contribution in [0, 0.1) is 0 Å². The molecular formula is C15H23NO2. The topological polar surface area (TPSA) is 32.7 Å². The second-order valence-electron chi connectivity index (χ2n) is 4.91. The fraction of sp³-hybridized carbons (Fsp3) is 0.600. The molecule has 1 heterocycles. The van der Waals surface area contributed by atoms with E-state index in [0.29, 0.717) is 6.10 Å². The molecule has 0 aromatic heterocycles. The average Bonchev–Trinajstić information content (AvgIpc) is 2.88. The molecule has 1 N–H and O–H groups in total. The third kappa shape index (κ3) is 3.03. The van der Waals surface area contributed by atoms with Crippen molar-refractivity contribution in [2.24, 2.45) is 0 Å². The van der Waals surface area contributed by atoms with Crippen molar-refractivity contribution < 1.29 is 9.84 Å². The van der Waals surface area contributed by atoms with Crippen molar-refractivity contribution >= 4 is 5.69 Å². The van der Waals surface area contributed by atoms with Gasteiger partial charge in [0, 0.05) is 30.9 Å². The molecule has 100 valence electrons. The Morgan fingerprint density at radius 1 is 1.44 bits per heavy atom. The van der Waals surface area contributed by atoms with Crippen molar-refractivity contribution in [1.82, 2.24) is 0 Å². The fourth-order valence-corrected chi connectivity index (χ4v) is 2.56. The molecule has 1 unspecified atom stereocenters. The number of ether oxygens (including phenoxy) is 1. The minimum atomic E-state index is -0.431. The standard InChI is InChI=1S/C15H23NO2/c1-3-16(11-13-7-6-10-18-13)15-9-5-4-8-14(15)12(2)17/h4-5,8-9,12-13,17H,3,6-7,10-11H2,1-2H3/t12-,13?/m1/s1. The molecule has 1 aliphatic rings. The number of para-hydroxylation sites is 1. The van der Waals surface area contributed by atoms with Crippen LogP contribution in [0.5, 0.6) is 0 Å². The van der Waals surface area contributed by atoms with Gasteiger partial charge in [0.15, 0.2) is 0 Å². The summed E-state index contributed by atoms with van der Waals surface area (Å²) in [6.45, 7) is 6.70. The highest BCUT2D eigenvalue weighted by atomic mass is 16.5. The molecule has 3 nitrogen and oxygen atoms in total. The van der Waals surface area contributed by atoms with Gasteiger partial charge in [-0.15, -0.1) is 0 Å². The number of benzene rings is 1. The molecule has 3 heteroatoms. The molecule has 1 fully saturated rings. The fourth-order valence-electron chi connectivity index (χ4n) is 2.56. The van der Waals surface area contributed by atoms with E-state index in [9.17, 15) is 5.11 Å². The summed E-state index contributed by atoms with van der Waals surface area (Å²) < 4.78 is 5.70. The molecule has 0 bridgehead atoms. The van der Waals surface area contributed by atoms with Crippen LogP contribution < -0.4 is 4.90 Å². The van der Waals surface area contributed by atoms with Crippen LogP contribution in [0.2, 0.25) is 0 Å². The van der Waals surface area contributed by atoms with Crippen molar-refractivity contribution in [3.63, 3.8) is 0 Å². The summed E-state index contributed by atoms with van der Waals surface area (Å²) in [5.41, 5.74) is 2.13. The number of rotatable bonds is 5. The molecule has 0 spiro atoms. The lowest BCUT2D eigenvalue weighted by molar-refractivity contribution is 0.115. The number of aliphatic hydroxyl groups excluding tert-OH is 1. The largest absolute Gasteiger partial charge is 0.389 e. The van der Waals surface area contributed by atoms with Gasteiger partial charge < -0.3 is 14.7 Å². The molecular weight excluding hydrogens is 226 g/mol. The van der Waals surface area contributed by atoms with Crippen molar-refractivity contribution in [3.05, 3.63) is 29.8 Å². The van der Waals surface area contributed by atoms with Gasteiger partial charge in [-0.1, -0.05) is 18.2 Å². The number of nitrogens with zero attached hydrogens (tertiary/aromatic N) is 1. The van der Waals surface area contributed by atoms with Gasteiger partial charge in [-0.3, -0.25) is 0 Å². The Morgan fingerprint density at radius 2 is 2.22 bits per heavy atom. The van der Waals surface area contributed by atoms with Crippen LogP contribution in [0.25, 0.3) is 0 Å². The Morgan fingerprint density at radius 3 is 2.83 bits per heavy atom. The monoisotopic (exact) mass is 249 g/mol. The third-order valence-corrected chi connectivity index (χ3v) is 3.56. The Hall–Kier alpha value is -1.06. The summed E-state index contributed by atoms with van der Waals surface area (Å²) in [5, 5.41) is 9.85. The van der Waals surface area contributed by atoms with E-state index in [2.05, 4.69) is 17.9 Å². The molecule has 0 saturated carbocycles. The van der Waals surface area contributed by atoms with Gasteiger partial charge in [0.25, 0.3) is 0 Å². The van der Waals surface area contributed by atoms with Crippen molar-refractivity contribution in [2.45, 2.75) is 38.9 Å². The molecule has 1 aliphatic heterocycles. The maximum Gasteiger partial charge on any atom is 0.0781 e. The predicted octanol–water partition coefficient (Wildman–Crippen LogP) is 2.75. The molecule has 0 aliphatic carbocycles. The summed E-state index contributed by atoms with van der Waals surface area (Å²) in [7, 11) is 0. The Labute approximate surface area is 109 Å². The molecule has 1 aromatic rings. The van der Waals surface area contributed by atoms with Gasteiger partial charge in [-0.25, -0.2) is 0 Å². The van der Waals surface area contributed by atoms with Crippen molar-refractivity contribution in [2.75, 3.05) is 24.6 Å². The number of anilines is 1. The molecule has 0 amide bonds. The highest BCUT2D eigenvalue weighted by Gasteiger charge is 2.20. The number of aliphatic hydroxyl groups is 1. The zero-order valence-corrected chi connectivity index (χ0v) is 11.3. The quantitative estimate of drug-likeness (QED) is 0.871. The van der Waals surface area contributed by atoms with Gasteiger partial charge in [0.05, 0.1) is 12.2 Å². The first-order valence-electron chi connectivity index (χ1n) is 6.86. The number of hydrogen-bond donors (Lipinski definition) is 1. The number of hydrogen-bond acceptors (Lipinski definition) is 3. The van der Waals surface area contributed by atoms with E-state index < -0.39 is 6.10 Å². The van der Waals surface area contributed by atoms with Gasteiger partial charge >= 0.3 is 0 Å². The lowest BCUT2D eigenvalue weighted by atomic mass is 10.1. The van der Waals surface area contributed by atoms with E-state index in [-0.39, 0.29) is 0 Å². The number of likely N-dealkylation sites (N-methyl/N-ethyl adjacent to an activating group) is 1. The zero-order chi connectivity index (χ0) is 13.0. The Bertz CT molecular complexity index is 373. The smallest absolute Gasteiger partial charge is 0.0781 e. The zero-order valence-electron chi connectivity index (χ0n) is 11.3. The second kappa shape index (κ2) is 6.21. The normalized spacial score (nSPS) is 20.9. The maximum absolute atomic E-state index is 9.85. The minimum Gasteiger partial charge on any atom is -0.389 e. The van der Waals surface area contributed by atoms with Crippen LogP contribution in [0.4, 0.5) is 5.69 Å². The molecule has 18 heavy (non-hydrogen) atoms. The molecule has 2 rings (SSSR count). The van der Waals surface area contributed by atoms with Crippen LogP contribution in [0.15, 0.2) is 24.3 Å². The maximum atomic E-state index is 9.85. The SMILES string of the molecule is CCN(CC1CCCO1)c1ccccc1[C@@H](C)O. The summed E-state index contributed by atoms with van der Waals surface area (Å²) >= 11 is 0. The van der Waals surface area contributed by atoms with E-state index in [1.165, 1.54) is 6.42 Å². The van der Waals surface area contributed by atoms with Gasteiger partial charge in [0.1, 0.15) is 0 Å². The second-order valence-corrected chi connectivity index (χ2v) is 4.91. The van der Waals surface area contributed by atoms with Crippen LogP contribution in [-0.4, -0.2) is 30.9 Å². The summed E-state index contributed by atoms with van der Waals surface area (Å²) in [4.78, 5) is 2.30. The Kier molecular flexibility index (Phi) is 4.61. The van der Waals surface area contributed by atoms with E-state index in [4.69, 9.17) is 4.74 Å². The molecule has 0 radical (unpaired) electrons. The first kappa shape index (κ1) is 13.4. The lowest BCUT2D eigenvalue weighted by Gasteiger charge is -2.28. The lowest BCUT2D eigenvalue weighted by Crippen LogP contribution is -2.32. The highest BCUT2D eigenvalue weighted by molar-refractivity contribution is 5.54. The van der Waals surface area contributed by atoms with Crippen molar-refractivity contribution in [3.8, 4) is 0 Å². The Balaban J connectivity index is 2.15. The molecule has 1 aromatic carbocycles. The van der Waals surface area contributed by atoms with E-state index in [1.54, 1.807) is 0 Å². The van der Waals surface area contributed by atoms with Crippen LogP contribution >= 0.6 is 0 Å². The minimum absolute atomic E-state index is 0.340. The first-order chi connectivity index (χ1) is 8.72. The van der Waals surface area contributed by atoms with Gasteiger partial charge in [-0.05, 0) is 32.8 Å². The average molecular weight is 249 g/mol. The highest BCUT2D eigenvalue weighted by Crippen LogP contribution is 2.27.